The molecule has 0 unspecified atom stereocenters. The number of ether oxygens (including phenoxy) is 2. The molecule has 2 aliphatic heterocycles. The summed E-state index contributed by atoms with van der Waals surface area (Å²) in [5.41, 5.74) is 0.517. The highest BCUT2D eigenvalue weighted by molar-refractivity contribution is 5.76. The van der Waals surface area contributed by atoms with E-state index >= 15 is 0 Å². The van der Waals surface area contributed by atoms with Crippen LogP contribution in [0.2, 0.25) is 0 Å². The van der Waals surface area contributed by atoms with Crippen LogP contribution >= 0.6 is 0 Å². The summed E-state index contributed by atoms with van der Waals surface area (Å²) in [6.45, 7) is 1.13. The lowest BCUT2D eigenvalue weighted by atomic mass is 9.94. The largest absolute Gasteiger partial charge is 0.389 e. The molecule has 0 bridgehead atoms. The number of nitrogens with one attached hydrogen (secondary N) is 1. The normalized spacial score (nSPS) is 30.4. The number of amides is 1. The number of benzene rings is 1. The van der Waals surface area contributed by atoms with E-state index in [0.29, 0.717) is 38.1 Å². The van der Waals surface area contributed by atoms with Gasteiger partial charge in [0.15, 0.2) is 0 Å². The molecular weight excluding hydrogens is 406 g/mol. The number of nitrogens with zero attached hydrogens (tertiary/aromatic N) is 1. The molecule has 1 aliphatic carbocycles. The molecule has 0 spiro atoms. The van der Waals surface area contributed by atoms with Crippen molar-refractivity contribution in [1.29, 1.82) is 0 Å². The first-order chi connectivity index (χ1) is 15.0. The Morgan fingerprint density at radius 2 is 1.84 bits per heavy atom. The first kappa shape index (κ1) is 22.6. The van der Waals surface area contributed by atoms with E-state index in [1.807, 2.05) is 4.90 Å². The summed E-state index contributed by atoms with van der Waals surface area (Å²) >= 11 is 0. The molecule has 6 nitrogen and oxygen atoms in total. The lowest BCUT2D eigenvalue weighted by Crippen LogP contribution is -2.55. The average molecular weight is 439 g/mol. The third-order valence-electron chi connectivity index (χ3n) is 6.53. The number of hydrogen-bond acceptors (Lipinski definition) is 5. The molecule has 4 atom stereocenters. The molecule has 1 aromatic rings. The summed E-state index contributed by atoms with van der Waals surface area (Å²) in [4.78, 5) is 14.5. The van der Waals surface area contributed by atoms with Crippen molar-refractivity contribution in [3.05, 3.63) is 35.4 Å². The van der Waals surface area contributed by atoms with Gasteiger partial charge in [0, 0.05) is 31.2 Å². The van der Waals surface area contributed by atoms with Crippen molar-refractivity contribution in [2.24, 2.45) is 0 Å². The zero-order chi connectivity index (χ0) is 21.8. The van der Waals surface area contributed by atoms with E-state index in [-0.39, 0.29) is 36.8 Å². The number of rotatable bonds is 5. The summed E-state index contributed by atoms with van der Waals surface area (Å²) in [6.07, 6.45) is 5.12. The Morgan fingerprint density at radius 3 is 2.58 bits per heavy atom. The monoisotopic (exact) mass is 438 g/mol. The zero-order valence-electron chi connectivity index (χ0n) is 17.8. The second-order valence-electron chi connectivity index (χ2n) is 9.09. The van der Waals surface area contributed by atoms with Crippen LogP contribution in [0, 0.1) is 11.6 Å². The molecule has 8 heteroatoms. The number of hydrogen-bond donors (Lipinski definition) is 2. The molecule has 31 heavy (non-hydrogen) atoms. The Bertz CT molecular complexity index is 739. The van der Waals surface area contributed by atoms with E-state index in [2.05, 4.69) is 5.32 Å². The third kappa shape index (κ3) is 6.22. The van der Waals surface area contributed by atoms with Crippen LogP contribution in [-0.4, -0.2) is 66.1 Å². The smallest absolute Gasteiger partial charge is 0.222 e. The van der Waals surface area contributed by atoms with Crippen LogP contribution in [0.5, 0.6) is 0 Å². The Morgan fingerprint density at radius 1 is 1.10 bits per heavy atom. The number of carbonyl (C=O) groups excluding carboxylic acids is 1. The van der Waals surface area contributed by atoms with Crippen LogP contribution in [-0.2, 0) is 20.8 Å². The van der Waals surface area contributed by atoms with Crippen molar-refractivity contribution in [1.82, 2.24) is 10.2 Å². The molecule has 3 aliphatic rings. The Labute approximate surface area is 181 Å². The van der Waals surface area contributed by atoms with E-state index < -0.39 is 17.7 Å². The van der Waals surface area contributed by atoms with Crippen LogP contribution in [0.15, 0.2) is 18.2 Å². The second kappa shape index (κ2) is 10.3. The number of fused-ring (bicyclic) bond motifs is 1. The molecule has 4 rings (SSSR count). The number of aliphatic hydroxyl groups is 1. The van der Waals surface area contributed by atoms with E-state index in [1.54, 1.807) is 0 Å². The van der Waals surface area contributed by atoms with E-state index in [4.69, 9.17) is 9.47 Å². The minimum Gasteiger partial charge on any atom is -0.389 e. The minimum absolute atomic E-state index is 0.0321. The quantitative estimate of drug-likeness (QED) is 0.739. The van der Waals surface area contributed by atoms with Gasteiger partial charge in [-0.2, -0.15) is 0 Å². The Hall–Kier alpha value is -1.61. The van der Waals surface area contributed by atoms with Crippen molar-refractivity contribution in [2.75, 3.05) is 19.8 Å². The molecule has 172 valence electrons. The van der Waals surface area contributed by atoms with Crippen LogP contribution in [0.1, 0.15) is 50.5 Å². The standard InChI is InChI=1S/C23H32F2N2O4/c24-16-7-15(8-17(25)9-16)11-27-12-19(28)13-30-14-22-21(27)6-5-20(31-22)10-23(29)26-18-3-1-2-4-18/h7-9,18-22,28H,1-6,10-14H2,(H,26,29)/t19-,20+,21+,22-/m0/s1. The molecule has 1 aromatic carbocycles. The third-order valence-corrected chi connectivity index (χ3v) is 6.53. The second-order valence-corrected chi connectivity index (χ2v) is 9.09. The predicted molar refractivity (Wildman–Crippen MR) is 110 cm³/mol. The van der Waals surface area contributed by atoms with Gasteiger partial charge in [0.1, 0.15) is 11.6 Å². The van der Waals surface area contributed by atoms with Crippen LogP contribution in [0.4, 0.5) is 8.78 Å². The fourth-order valence-electron chi connectivity index (χ4n) is 5.13. The van der Waals surface area contributed by atoms with E-state index in [9.17, 15) is 18.7 Å². The zero-order valence-corrected chi connectivity index (χ0v) is 17.8. The summed E-state index contributed by atoms with van der Waals surface area (Å²) in [7, 11) is 0. The minimum atomic E-state index is -0.686. The number of halogens is 2. The molecule has 0 radical (unpaired) electrons. The highest BCUT2D eigenvalue weighted by Crippen LogP contribution is 2.29. The van der Waals surface area contributed by atoms with Gasteiger partial charge in [-0.1, -0.05) is 12.8 Å². The molecule has 2 N–H and O–H groups in total. The fourth-order valence-corrected chi connectivity index (χ4v) is 5.13. The van der Waals surface area contributed by atoms with Crippen molar-refractivity contribution in [3.8, 4) is 0 Å². The van der Waals surface area contributed by atoms with Gasteiger partial charge in [-0.3, -0.25) is 9.69 Å². The van der Waals surface area contributed by atoms with Crippen molar-refractivity contribution in [2.45, 2.75) is 81.9 Å². The molecule has 1 amide bonds. The summed E-state index contributed by atoms with van der Waals surface area (Å²) in [6, 6.07) is 3.72. The van der Waals surface area contributed by atoms with E-state index in [1.165, 1.54) is 25.0 Å². The molecular formula is C23H32F2N2O4. The van der Waals surface area contributed by atoms with Gasteiger partial charge in [0.25, 0.3) is 0 Å². The number of β-amino-alcohol motifs (C(OH)–C–C–N with tert-alkyl or cyclic N) is 1. The molecule has 3 fully saturated rings. The average Bonchev–Trinajstić information content (AvgIpc) is 3.18. The van der Waals surface area contributed by atoms with Gasteiger partial charge in [0.05, 0.1) is 37.9 Å². The predicted octanol–water partition coefficient (Wildman–Crippen LogP) is 2.52. The number of aliphatic hydroxyl groups excluding tert-OH is 1. The van der Waals surface area contributed by atoms with Gasteiger partial charge >= 0.3 is 0 Å². The van der Waals surface area contributed by atoms with Crippen molar-refractivity contribution in [3.63, 3.8) is 0 Å². The first-order valence-electron chi connectivity index (χ1n) is 11.4. The van der Waals surface area contributed by atoms with Gasteiger partial charge < -0.3 is 19.9 Å². The fraction of sp³-hybridized carbons (Fsp3) is 0.696. The van der Waals surface area contributed by atoms with Crippen LogP contribution in [0.3, 0.4) is 0 Å². The Balaban J connectivity index is 1.39. The van der Waals surface area contributed by atoms with Gasteiger partial charge in [0.2, 0.25) is 5.91 Å². The lowest BCUT2D eigenvalue weighted by molar-refractivity contribution is -0.158. The summed E-state index contributed by atoms with van der Waals surface area (Å²) < 4.78 is 39.2. The lowest BCUT2D eigenvalue weighted by Gasteiger charge is -2.44. The Kier molecular flexibility index (Phi) is 7.53. The summed E-state index contributed by atoms with van der Waals surface area (Å²) in [5, 5.41) is 13.4. The van der Waals surface area contributed by atoms with Gasteiger partial charge in [-0.25, -0.2) is 8.78 Å². The highest BCUT2D eigenvalue weighted by Gasteiger charge is 2.38. The summed E-state index contributed by atoms with van der Waals surface area (Å²) in [5.74, 6) is -1.20. The van der Waals surface area contributed by atoms with Crippen molar-refractivity contribution >= 4 is 5.91 Å². The van der Waals surface area contributed by atoms with E-state index in [0.717, 1.165) is 25.3 Å². The topological polar surface area (TPSA) is 71.0 Å². The maximum atomic E-state index is 13.7. The SMILES string of the molecule is O=C(C[C@H]1CC[C@@H]2[C@H](COC[C@@H](O)CN2Cc2cc(F)cc(F)c2)O1)NC1CCCC1. The van der Waals surface area contributed by atoms with Crippen molar-refractivity contribution < 1.29 is 28.2 Å². The molecule has 2 heterocycles. The highest BCUT2D eigenvalue weighted by atomic mass is 19.1. The van der Waals surface area contributed by atoms with Gasteiger partial charge in [-0.05, 0) is 43.4 Å². The van der Waals surface area contributed by atoms with Crippen LogP contribution < -0.4 is 5.32 Å². The first-order valence-corrected chi connectivity index (χ1v) is 11.4. The molecule has 0 aromatic heterocycles. The molecule has 2 saturated heterocycles. The maximum absolute atomic E-state index is 13.7. The van der Waals surface area contributed by atoms with Gasteiger partial charge in [-0.15, -0.1) is 0 Å². The molecule has 1 saturated carbocycles. The number of carbonyl (C=O) groups is 1. The van der Waals surface area contributed by atoms with Crippen LogP contribution in [0.25, 0.3) is 0 Å². The maximum Gasteiger partial charge on any atom is 0.222 e.